The van der Waals surface area contributed by atoms with Gasteiger partial charge in [-0.3, -0.25) is 15.0 Å². The molecule has 0 fully saturated rings. The standard InChI is InChI=1S/C20H25N3O5S/c1-28-19-5-4-6-20(14-19)29(26,27)21-10-2-3-11-22-12-9-16-7-8-18(23(24)25)13-17(16)15-22/h4-8,13-14,21H,2-3,9-12,15H2,1H3. The zero-order chi connectivity index (χ0) is 20.9. The van der Waals surface area contributed by atoms with E-state index in [9.17, 15) is 18.5 Å². The average Bonchev–Trinajstić information content (AvgIpc) is 2.72. The van der Waals surface area contributed by atoms with E-state index in [0.717, 1.165) is 37.1 Å². The van der Waals surface area contributed by atoms with Crippen molar-refractivity contribution in [3.8, 4) is 5.75 Å². The highest BCUT2D eigenvalue weighted by atomic mass is 32.2. The smallest absolute Gasteiger partial charge is 0.269 e. The highest BCUT2D eigenvalue weighted by Gasteiger charge is 2.19. The molecule has 2 aromatic carbocycles. The number of nitro groups is 1. The van der Waals surface area contributed by atoms with E-state index < -0.39 is 10.0 Å². The lowest BCUT2D eigenvalue weighted by Gasteiger charge is -2.28. The number of unbranched alkanes of at least 4 members (excludes halogenated alkanes) is 1. The molecule has 0 atom stereocenters. The van der Waals surface area contributed by atoms with E-state index in [2.05, 4.69) is 9.62 Å². The van der Waals surface area contributed by atoms with Crippen molar-refractivity contribution < 1.29 is 18.1 Å². The molecule has 1 heterocycles. The van der Waals surface area contributed by atoms with Gasteiger partial charge in [0, 0.05) is 37.8 Å². The van der Waals surface area contributed by atoms with E-state index in [1.54, 1.807) is 24.3 Å². The van der Waals surface area contributed by atoms with Crippen LogP contribution < -0.4 is 9.46 Å². The third-order valence-corrected chi connectivity index (χ3v) is 6.50. The van der Waals surface area contributed by atoms with E-state index in [1.165, 1.54) is 19.2 Å². The first-order valence-electron chi connectivity index (χ1n) is 9.51. The molecule has 0 unspecified atom stereocenters. The number of methoxy groups -OCH3 is 1. The van der Waals surface area contributed by atoms with Gasteiger partial charge in [0.1, 0.15) is 5.75 Å². The predicted octanol–water partition coefficient (Wildman–Crippen LogP) is 2.72. The lowest BCUT2D eigenvalue weighted by atomic mass is 9.99. The predicted molar refractivity (Wildman–Crippen MR) is 109 cm³/mol. The Morgan fingerprint density at radius 3 is 2.76 bits per heavy atom. The molecule has 0 aliphatic carbocycles. The Labute approximate surface area is 170 Å². The van der Waals surface area contributed by atoms with Gasteiger partial charge in [-0.15, -0.1) is 0 Å². The number of fused-ring (bicyclic) bond motifs is 1. The Balaban J connectivity index is 1.45. The van der Waals surface area contributed by atoms with Crippen molar-refractivity contribution in [2.24, 2.45) is 0 Å². The molecule has 0 aromatic heterocycles. The Kier molecular flexibility index (Phi) is 6.83. The first-order valence-corrected chi connectivity index (χ1v) is 11.0. The summed E-state index contributed by atoms with van der Waals surface area (Å²) in [5, 5.41) is 11.0. The van der Waals surface area contributed by atoms with E-state index in [0.29, 0.717) is 25.3 Å². The number of non-ortho nitro benzene ring substituents is 1. The molecular weight excluding hydrogens is 394 g/mol. The number of nitrogens with one attached hydrogen (secondary N) is 1. The molecule has 1 aliphatic rings. The topological polar surface area (TPSA) is 102 Å². The number of nitro benzene ring substituents is 1. The summed E-state index contributed by atoms with van der Waals surface area (Å²) < 4.78 is 32.4. The second-order valence-corrected chi connectivity index (χ2v) is 8.79. The third kappa shape index (κ3) is 5.53. The highest BCUT2D eigenvalue weighted by Crippen LogP contribution is 2.24. The van der Waals surface area contributed by atoms with Crippen molar-refractivity contribution in [2.75, 3.05) is 26.7 Å². The monoisotopic (exact) mass is 419 g/mol. The van der Waals surface area contributed by atoms with Gasteiger partial charge in [-0.2, -0.15) is 0 Å². The van der Waals surface area contributed by atoms with Crippen molar-refractivity contribution >= 4 is 15.7 Å². The second-order valence-electron chi connectivity index (χ2n) is 7.02. The third-order valence-electron chi connectivity index (χ3n) is 5.04. The highest BCUT2D eigenvalue weighted by molar-refractivity contribution is 7.89. The second kappa shape index (κ2) is 9.34. The summed E-state index contributed by atoms with van der Waals surface area (Å²) in [5.74, 6) is 0.499. The van der Waals surface area contributed by atoms with Gasteiger partial charge < -0.3 is 4.74 Å². The molecule has 1 aliphatic heterocycles. The lowest BCUT2D eigenvalue weighted by Crippen LogP contribution is -2.32. The molecule has 156 valence electrons. The SMILES string of the molecule is COc1cccc(S(=O)(=O)NCCCCN2CCc3ccc([N+](=O)[O-])cc3C2)c1. The number of rotatable bonds is 9. The summed E-state index contributed by atoms with van der Waals surface area (Å²) in [6.45, 7) is 2.77. The summed E-state index contributed by atoms with van der Waals surface area (Å²) in [5.41, 5.74) is 2.29. The number of hydrogen-bond donors (Lipinski definition) is 1. The van der Waals surface area contributed by atoms with Gasteiger partial charge in [0.25, 0.3) is 5.69 Å². The summed E-state index contributed by atoms with van der Waals surface area (Å²) in [6.07, 6.45) is 2.42. The minimum atomic E-state index is -3.56. The van der Waals surface area contributed by atoms with Crippen molar-refractivity contribution in [3.05, 3.63) is 63.7 Å². The molecule has 0 radical (unpaired) electrons. The molecule has 0 amide bonds. The van der Waals surface area contributed by atoms with Gasteiger partial charge in [0.05, 0.1) is 16.9 Å². The van der Waals surface area contributed by atoms with Crippen LogP contribution >= 0.6 is 0 Å². The van der Waals surface area contributed by atoms with Crippen molar-refractivity contribution in [1.29, 1.82) is 0 Å². The zero-order valence-electron chi connectivity index (χ0n) is 16.3. The van der Waals surface area contributed by atoms with Gasteiger partial charge in [-0.1, -0.05) is 12.1 Å². The largest absolute Gasteiger partial charge is 0.497 e. The quantitative estimate of drug-likeness (QED) is 0.381. The van der Waals surface area contributed by atoms with Crippen LogP contribution in [-0.4, -0.2) is 45.0 Å². The molecule has 3 rings (SSSR count). The molecule has 29 heavy (non-hydrogen) atoms. The van der Waals surface area contributed by atoms with Crippen LogP contribution in [0.3, 0.4) is 0 Å². The van der Waals surface area contributed by atoms with Gasteiger partial charge in [0.2, 0.25) is 10.0 Å². The van der Waals surface area contributed by atoms with E-state index >= 15 is 0 Å². The fraction of sp³-hybridized carbons (Fsp3) is 0.400. The molecule has 0 saturated heterocycles. The average molecular weight is 420 g/mol. The minimum Gasteiger partial charge on any atom is -0.497 e. The van der Waals surface area contributed by atoms with Crippen molar-refractivity contribution in [2.45, 2.75) is 30.7 Å². The number of benzene rings is 2. The summed E-state index contributed by atoms with van der Waals surface area (Å²) in [7, 11) is -2.06. The molecular formula is C20H25N3O5S. The molecule has 0 saturated carbocycles. The first kappa shape index (κ1) is 21.2. The molecule has 9 heteroatoms. The van der Waals surface area contributed by atoms with E-state index in [4.69, 9.17) is 4.74 Å². The molecule has 0 spiro atoms. The number of ether oxygens (including phenoxy) is 1. The number of nitrogens with zero attached hydrogens (tertiary/aromatic N) is 2. The molecule has 0 bridgehead atoms. The van der Waals surface area contributed by atoms with E-state index in [1.807, 2.05) is 6.07 Å². The van der Waals surface area contributed by atoms with Crippen LogP contribution in [0.1, 0.15) is 24.0 Å². The first-order chi connectivity index (χ1) is 13.9. The van der Waals surface area contributed by atoms with Crippen molar-refractivity contribution in [3.63, 3.8) is 0 Å². The number of sulfonamides is 1. The fourth-order valence-electron chi connectivity index (χ4n) is 3.42. The van der Waals surface area contributed by atoms with Crippen molar-refractivity contribution in [1.82, 2.24) is 9.62 Å². The normalized spacial score (nSPS) is 14.4. The number of hydrogen-bond acceptors (Lipinski definition) is 6. The van der Waals surface area contributed by atoms with Crippen LogP contribution in [0.25, 0.3) is 0 Å². The van der Waals surface area contributed by atoms with E-state index in [-0.39, 0.29) is 15.5 Å². The fourth-order valence-corrected chi connectivity index (χ4v) is 4.53. The van der Waals surface area contributed by atoms with Crippen LogP contribution in [-0.2, 0) is 23.0 Å². The summed E-state index contributed by atoms with van der Waals surface area (Å²) in [6, 6.07) is 11.4. The maximum atomic E-state index is 12.4. The van der Waals surface area contributed by atoms with Gasteiger partial charge >= 0.3 is 0 Å². The summed E-state index contributed by atoms with van der Waals surface area (Å²) >= 11 is 0. The maximum Gasteiger partial charge on any atom is 0.269 e. The summed E-state index contributed by atoms with van der Waals surface area (Å²) in [4.78, 5) is 13.0. The molecule has 8 nitrogen and oxygen atoms in total. The zero-order valence-corrected chi connectivity index (χ0v) is 17.2. The minimum absolute atomic E-state index is 0.123. The molecule has 2 aromatic rings. The van der Waals surface area contributed by atoms with Gasteiger partial charge in [0.15, 0.2) is 0 Å². The van der Waals surface area contributed by atoms with Crippen LogP contribution in [0, 0.1) is 10.1 Å². The Morgan fingerprint density at radius 2 is 2.00 bits per heavy atom. The Hall–Kier alpha value is -2.49. The van der Waals surface area contributed by atoms with Crippen LogP contribution in [0.15, 0.2) is 47.4 Å². The van der Waals surface area contributed by atoms with Crippen LogP contribution in [0.2, 0.25) is 0 Å². The maximum absolute atomic E-state index is 12.4. The molecule has 1 N–H and O–H groups in total. The Morgan fingerprint density at radius 1 is 1.17 bits per heavy atom. The Bertz CT molecular complexity index is 978. The lowest BCUT2D eigenvalue weighted by molar-refractivity contribution is -0.385. The van der Waals surface area contributed by atoms with Crippen LogP contribution in [0.5, 0.6) is 5.75 Å². The van der Waals surface area contributed by atoms with Gasteiger partial charge in [-0.05, 0) is 49.1 Å². The van der Waals surface area contributed by atoms with Gasteiger partial charge in [-0.25, -0.2) is 13.1 Å². The van der Waals surface area contributed by atoms with Crippen LogP contribution in [0.4, 0.5) is 5.69 Å².